The van der Waals surface area contributed by atoms with E-state index in [0.29, 0.717) is 16.1 Å². The first kappa shape index (κ1) is 22.1. The first-order valence-corrected chi connectivity index (χ1v) is 11.5. The Labute approximate surface area is 190 Å². The summed E-state index contributed by atoms with van der Waals surface area (Å²) in [7, 11) is 1.65. The number of benzene rings is 3. The van der Waals surface area contributed by atoms with Crippen molar-refractivity contribution < 1.29 is 14.5 Å². The number of nitrogens with one attached hydrogen (secondary N) is 3. The molecule has 0 aliphatic heterocycles. The van der Waals surface area contributed by atoms with Crippen LogP contribution in [0.15, 0.2) is 71.6 Å². The third-order valence-electron chi connectivity index (χ3n) is 5.85. The molecule has 0 radical (unpaired) electrons. The molecule has 0 heterocycles. The van der Waals surface area contributed by atoms with E-state index >= 15 is 0 Å². The number of phenols is 1. The SMILES string of the molecule is CN[S+]([O-])c1ccc(-c2cccc(NC(=O)C3(c4ccc(O)c(C(C)=N)c4)CC3)c2)cc1. The summed E-state index contributed by atoms with van der Waals surface area (Å²) in [6.07, 6.45) is 1.45. The summed E-state index contributed by atoms with van der Waals surface area (Å²) in [4.78, 5) is 13.9. The third-order valence-corrected chi connectivity index (χ3v) is 6.92. The lowest BCUT2D eigenvalue weighted by atomic mass is 9.92. The maximum absolute atomic E-state index is 13.2. The lowest BCUT2D eigenvalue weighted by Crippen LogP contribution is -2.28. The lowest BCUT2D eigenvalue weighted by Gasteiger charge is -2.18. The van der Waals surface area contributed by atoms with Crippen molar-refractivity contribution in [2.75, 3.05) is 12.4 Å². The minimum Gasteiger partial charge on any atom is -0.593 e. The second-order valence-corrected chi connectivity index (χ2v) is 9.39. The molecule has 1 aliphatic rings. The average Bonchev–Trinajstić information content (AvgIpc) is 3.61. The van der Waals surface area contributed by atoms with Gasteiger partial charge in [-0.2, -0.15) is 0 Å². The predicted octanol–water partition coefficient (Wildman–Crippen LogP) is 4.36. The van der Waals surface area contributed by atoms with E-state index in [2.05, 4.69) is 10.0 Å². The molecule has 7 heteroatoms. The van der Waals surface area contributed by atoms with E-state index in [-0.39, 0.29) is 17.4 Å². The molecule has 1 amide bonds. The fourth-order valence-corrected chi connectivity index (χ4v) is 4.44. The minimum atomic E-state index is -1.23. The number of hydrogen-bond donors (Lipinski definition) is 4. The summed E-state index contributed by atoms with van der Waals surface area (Å²) >= 11 is -1.23. The number of rotatable bonds is 7. The summed E-state index contributed by atoms with van der Waals surface area (Å²) in [5.41, 5.74) is 3.50. The van der Waals surface area contributed by atoms with Crippen molar-refractivity contribution in [2.45, 2.75) is 30.1 Å². The van der Waals surface area contributed by atoms with E-state index < -0.39 is 16.8 Å². The number of carbonyl (C=O) groups excluding carboxylic acids is 1. The van der Waals surface area contributed by atoms with Gasteiger partial charge in [-0.3, -0.25) is 4.79 Å². The second kappa shape index (κ2) is 8.78. The van der Waals surface area contributed by atoms with Crippen molar-refractivity contribution in [3.63, 3.8) is 0 Å². The molecule has 1 atom stereocenters. The molecule has 1 aliphatic carbocycles. The van der Waals surface area contributed by atoms with E-state index in [1.54, 1.807) is 32.2 Å². The molecule has 3 aromatic carbocycles. The number of aromatic hydroxyl groups is 1. The van der Waals surface area contributed by atoms with Crippen LogP contribution in [0.3, 0.4) is 0 Å². The number of hydrogen-bond acceptors (Lipinski definition) is 5. The van der Waals surface area contributed by atoms with E-state index in [0.717, 1.165) is 29.5 Å². The van der Waals surface area contributed by atoms with Gasteiger partial charge < -0.3 is 20.4 Å². The third kappa shape index (κ3) is 4.27. The Balaban J connectivity index is 1.54. The molecule has 3 aromatic rings. The molecule has 0 spiro atoms. The van der Waals surface area contributed by atoms with Crippen LogP contribution in [0.4, 0.5) is 5.69 Å². The van der Waals surface area contributed by atoms with E-state index in [1.807, 2.05) is 48.5 Å². The Hall–Kier alpha value is -3.13. The molecule has 4 N–H and O–H groups in total. The summed E-state index contributed by atoms with van der Waals surface area (Å²) in [6, 6.07) is 20.2. The van der Waals surface area contributed by atoms with E-state index in [9.17, 15) is 14.5 Å². The number of phenolic OH excluding ortho intramolecular Hbond substituents is 1. The topological polar surface area (TPSA) is 108 Å². The zero-order chi connectivity index (χ0) is 22.9. The Bertz CT molecular complexity index is 1170. The van der Waals surface area contributed by atoms with Crippen LogP contribution in [0.1, 0.15) is 30.9 Å². The van der Waals surface area contributed by atoms with E-state index in [1.165, 1.54) is 0 Å². The van der Waals surface area contributed by atoms with Crippen molar-refractivity contribution in [1.82, 2.24) is 4.72 Å². The summed E-state index contributed by atoms with van der Waals surface area (Å²) in [5, 5.41) is 20.9. The van der Waals surface area contributed by atoms with Crippen molar-refractivity contribution in [3.05, 3.63) is 77.9 Å². The van der Waals surface area contributed by atoms with Crippen LogP contribution in [-0.4, -0.2) is 28.3 Å². The van der Waals surface area contributed by atoms with Gasteiger partial charge in [0.25, 0.3) is 0 Å². The molecular weight excluding hydrogens is 422 g/mol. The number of anilines is 1. The normalized spacial score (nSPS) is 15.1. The van der Waals surface area contributed by atoms with Crippen LogP contribution in [0, 0.1) is 5.41 Å². The van der Waals surface area contributed by atoms with Gasteiger partial charge in [0.15, 0.2) is 4.90 Å². The smallest absolute Gasteiger partial charge is 0.235 e. The fourth-order valence-electron chi connectivity index (χ4n) is 3.82. The van der Waals surface area contributed by atoms with Gasteiger partial charge in [0, 0.05) is 24.0 Å². The molecule has 164 valence electrons. The van der Waals surface area contributed by atoms with Crippen molar-refractivity contribution in [2.24, 2.45) is 0 Å². The lowest BCUT2D eigenvalue weighted by molar-refractivity contribution is -0.118. The average molecular weight is 448 g/mol. The van der Waals surface area contributed by atoms with Gasteiger partial charge >= 0.3 is 0 Å². The highest BCUT2D eigenvalue weighted by molar-refractivity contribution is 7.89. The van der Waals surface area contributed by atoms with Crippen LogP contribution in [0.2, 0.25) is 0 Å². The van der Waals surface area contributed by atoms with Gasteiger partial charge in [-0.15, -0.1) is 4.72 Å². The van der Waals surface area contributed by atoms with Crippen LogP contribution in [-0.2, 0) is 21.6 Å². The van der Waals surface area contributed by atoms with Crippen LogP contribution in [0.5, 0.6) is 5.75 Å². The molecule has 6 nitrogen and oxygen atoms in total. The molecule has 1 fully saturated rings. The molecular formula is C25H25N3O3S. The maximum atomic E-state index is 13.2. The summed E-state index contributed by atoms with van der Waals surface area (Å²) in [6.45, 7) is 1.62. The highest BCUT2D eigenvalue weighted by Crippen LogP contribution is 2.49. The van der Waals surface area contributed by atoms with Crippen molar-refractivity contribution >= 4 is 28.7 Å². The monoisotopic (exact) mass is 447 g/mol. The molecule has 0 saturated heterocycles. The summed E-state index contributed by atoms with van der Waals surface area (Å²) < 4.78 is 14.6. The molecule has 0 bridgehead atoms. The molecule has 4 rings (SSSR count). The Morgan fingerprint density at radius 3 is 2.41 bits per heavy atom. The Morgan fingerprint density at radius 1 is 1.06 bits per heavy atom. The summed E-state index contributed by atoms with van der Waals surface area (Å²) in [5.74, 6) is -0.0385. The second-order valence-electron chi connectivity index (χ2n) is 7.97. The quantitative estimate of drug-likeness (QED) is 0.319. The highest BCUT2D eigenvalue weighted by atomic mass is 32.2. The zero-order valence-corrected chi connectivity index (χ0v) is 18.8. The van der Waals surface area contributed by atoms with Crippen LogP contribution < -0.4 is 10.0 Å². The molecule has 1 saturated carbocycles. The van der Waals surface area contributed by atoms with Gasteiger partial charge in [0.05, 0.1) is 16.8 Å². The van der Waals surface area contributed by atoms with Crippen molar-refractivity contribution in [3.8, 4) is 16.9 Å². The number of amides is 1. The van der Waals surface area contributed by atoms with Crippen LogP contribution in [0.25, 0.3) is 11.1 Å². The Morgan fingerprint density at radius 2 is 1.78 bits per heavy atom. The van der Waals surface area contributed by atoms with Gasteiger partial charge in [0.2, 0.25) is 5.91 Å². The van der Waals surface area contributed by atoms with E-state index in [4.69, 9.17) is 5.41 Å². The fraction of sp³-hybridized carbons (Fsp3) is 0.200. The highest BCUT2D eigenvalue weighted by Gasteiger charge is 2.51. The standard InChI is InChI=1S/C25H25N3O3S/c1-16(26)22-15-19(8-11-23(22)29)25(12-13-25)24(30)28-20-5-3-4-18(14-20)17-6-9-21(10-7-17)32(31)27-2/h3-11,14-15,26-27,29H,12-13H2,1-2H3,(H,28,30). The zero-order valence-electron chi connectivity index (χ0n) is 17.9. The molecule has 0 aromatic heterocycles. The molecule has 32 heavy (non-hydrogen) atoms. The predicted molar refractivity (Wildman–Crippen MR) is 127 cm³/mol. The van der Waals surface area contributed by atoms with Gasteiger partial charge in [-0.25, -0.2) is 0 Å². The van der Waals surface area contributed by atoms with Crippen molar-refractivity contribution in [1.29, 1.82) is 5.41 Å². The minimum absolute atomic E-state index is 0.0507. The number of carbonyl (C=O) groups is 1. The molecule has 1 unspecified atom stereocenters. The Kier molecular flexibility index (Phi) is 6.06. The maximum Gasteiger partial charge on any atom is 0.235 e. The van der Waals surface area contributed by atoms with Gasteiger partial charge in [-0.1, -0.05) is 18.2 Å². The van der Waals surface area contributed by atoms with Crippen LogP contribution >= 0.6 is 0 Å². The first-order chi connectivity index (χ1) is 15.3. The van der Waals surface area contributed by atoms with Gasteiger partial charge in [0.1, 0.15) is 5.75 Å². The largest absolute Gasteiger partial charge is 0.593 e. The first-order valence-electron chi connectivity index (χ1n) is 10.3. The van der Waals surface area contributed by atoms with Gasteiger partial charge in [-0.05, 0) is 85.0 Å².